The summed E-state index contributed by atoms with van der Waals surface area (Å²) in [5.41, 5.74) is 1.56. The van der Waals surface area contributed by atoms with Gasteiger partial charge < -0.3 is 5.32 Å². The topological polar surface area (TPSA) is 29.1 Å². The SMILES string of the molecule is CCSc1ccccc1C(=O)N[C@@H](C)c1ccc(F)cc1. The molecule has 110 valence electrons. The van der Waals surface area contributed by atoms with Crippen molar-refractivity contribution in [2.24, 2.45) is 0 Å². The fourth-order valence-electron chi connectivity index (χ4n) is 2.04. The van der Waals surface area contributed by atoms with Gasteiger partial charge in [-0.15, -0.1) is 11.8 Å². The average Bonchev–Trinajstić information content (AvgIpc) is 2.48. The Bertz CT molecular complexity index is 612. The molecule has 0 saturated carbocycles. The van der Waals surface area contributed by atoms with Crippen LogP contribution in [0, 0.1) is 5.82 Å². The number of rotatable bonds is 5. The monoisotopic (exact) mass is 303 g/mol. The van der Waals surface area contributed by atoms with E-state index in [1.807, 2.05) is 31.2 Å². The van der Waals surface area contributed by atoms with Crippen LogP contribution in [0.4, 0.5) is 4.39 Å². The molecule has 0 bridgehead atoms. The third kappa shape index (κ3) is 4.08. The average molecular weight is 303 g/mol. The molecule has 1 amide bonds. The Morgan fingerprint density at radius 3 is 2.52 bits per heavy atom. The minimum absolute atomic E-state index is 0.108. The van der Waals surface area contributed by atoms with E-state index >= 15 is 0 Å². The summed E-state index contributed by atoms with van der Waals surface area (Å²) in [6.45, 7) is 3.95. The molecule has 2 rings (SSSR count). The maximum atomic E-state index is 12.9. The summed E-state index contributed by atoms with van der Waals surface area (Å²) in [6.07, 6.45) is 0. The molecule has 1 atom stereocenters. The van der Waals surface area contributed by atoms with E-state index in [-0.39, 0.29) is 17.8 Å². The molecule has 0 aliphatic rings. The van der Waals surface area contributed by atoms with E-state index in [1.165, 1.54) is 12.1 Å². The molecule has 0 saturated heterocycles. The Morgan fingerprint density at radius 1 is 1.19 bits per heavy atom. The third-order valence-corrected chi connectivity index (χ3v) is 4.10. The zero-order valence-electron chi connectivity index (χ0n) is 12.1. The highest BCUT2D eigenvalue weighted by Gasteiger charge is 2.14. The summed E-state index contributed by atoms with van der Waals surface area (Å²) in [7, 11) is 0. The standard InChI is InChI=1S/C17H18FNOS/c1-3-21-16-7-5-4-6-15(16)17(20)19-12(2)13-8-10-14(18)11-9-13/h4-12H,3H2,1-2H3,(H,19,20)/t12-/m0/s1. The van der Waals surface area contributed by atoms with Gasteiger partial charge in [-0.3, -0.25) is 4.79 Å². The molecule has 0 aliphatic heterocycles. The van der Waals surface area contributed by atoms with Gasteiger partial charge in [-0.05, 0) is 42.5 Å². The first-order valence-corrected chi connectivity index (χ1v) is 7.88. The predicted molar refractivity (Wildman–Crippen MR) is 85.1 cm³/mol. The second kappa shape index (κ2) is 7.27. The summed E-state index contributed by atoms with van der Waals surface area (Å²) in [4.78, 5) is 13.4. The van der Waals surface area contributed by atoms with Crippen molar-refractivity contribution >= 4 is 17.7 Å². The van der Waals surface area contributed by atoms with E-state index in [4.69, 9.17) is 0 Å². The first-order chi connectivity index (χ1) is 10.1. The molecular weight excluding hydrogens is 285 g/mol. The summed E-state index contributed by atoms with van der Waals surface area (Å²) < 4.78 is 12.9. The lowest BCUT2D eigenvalue weighted by Crippen LogP contribution is -2.27. The number of carbonyl (C=O) groups is 1. The van der Waals surface area contributed by atoms with Crippen molar-refractivity contribution in [3.05, 3.63) is 65.5 Å². The van der Waals surface area contributed by atoms with Crippen LogP contribution in [0.25, 0.3) is 0 Å². The first-order valence-electron chi connectivity index (χ1n) is 6.90. The molecule has 0 heterocycles. The van der Waals surface area contributed by atoms with Crippen LogP contribution in [0.3, 0.4) is 0 Å². The van der Waals surface area contributed by atoms with Crippen molar-refractivity contribution in [2.45, 2.75) is 24.8 Å². The molecule has 2 aromatic rings. The van der Waals surface area contributed by atoms with E-state index in [0.717, 1.165) is 16.2 Å². The highest BCUT2D eigenvalue weighted by atomic mass is 32.2. The van der Waals surface area contributed by atoms with Crippen molar-refractivity contribution in [3.8, 4) is 0 Å². The van der Waals surface area contributed by atoms with Crippen LogP contribution in [-0.2, 0) is 0 Å². The van der Waals surface area contributed by atoms with Crippen LogP contribution in [0.5, 0.6) is 0 Å². The molecule has 21 heavy (non-hydrogen) atoms. The van der Waals surface area contributed by atoms with Gasteiger partial charge >= 0.3 is 0 Å². The predicted octanol–water partition coefficient (Wildman–Crippen LogP) is 4.43. The number of hydrogen-bond acceptors (Lipinski definition) is 2. The van der Waals surface area contributed by atoms with Crippen LogP contribution in [0.1, 0.15) is 35.8 Å². The van der Waals surface area contributed by atoms with Gasteiger partial charge in [0.15, 0.2) is 0 Å². The van der Waals surface area contributed by atoms with Crippen LogP contribution >= 0.6 is 11.8 Å². The number of amides is 1. The fourth-order valence-corrected chi connectivity index (χ4v) is 2.85. The smallest absolute Gasteiger partial charge is 0.252 e. The van der Waals surface area contributed by atoms with Crippen LogP contribution in [0.15, 0.2) is 53.4 Å². The Morgan fingerprint density at radius 2 is 1.86 bits per heavy atom. The largest absolute Gasteiger partial charge is 0.345 e. The number of hydrogen-bond donors (Lipinski definition) is 1. The zero-order chi connectivity index (χ0) is 15.2. The highest BCUT2D eigenvalue weighted by molar-refractivity contribution is 7.99. The lowest BCUT2D eigenvalue weighted by Gasteiger charge is -2.15. The summed E-state index contributed by atoms with van der Waals surface area (Å²) in [5, 5.41) is 2.96. The lowest BCUT2D eigenvalue weighted by molar-refractivity contribution is 0.0937. The number of benzene rings is 2. The van der Waals surface area contributed by atoms with Gasteiger partial charge in [-0.1, -0.05) is 31.2 Å². The van der Waals surface area contributed by atoms with Crippen molar-refractivity contribution in [1.29, 1.82) is 0 Å². The Kier molecular flexibility index (Phi) is 5.39. The molecule has 2 aromatic carbocycles. The molecule has 1 N–H and O–H groups in total. The van der Waals surface area contributed by atoms with Crippen LogP contribution in [-0.4, -0.2) is 11.7 Å². The first kappa shape index (κ1) is 15.6. The molecule has 0 radical (unpaired) electrons. The van der Waals surface area contributed by atoms with Crippen LogP contribution < -0.4 is 5.32 Å². The molecule has 0 unspecified atom stereocenters. The second-order valence-corrected chi connectivity index (χ2v) is 5.98. The van der Waals surface area contributed by atoms with Crippen molar-refractivity contribution < 1.29 is 9.18 Å². The number of carbonyl (C=O) groups excluding carboxylic acids is 1. The van der Waals surface area contributed by atoms with Gasteiger partial charge in [-0.25, -0.2) is 4.39 Å². The Labute approximate surface area is 128 Å². The van der Waals surface area contributed by atoms with Crippen molar-refractivity contribution in [1.82, 2.24) is 5.32 Å². The minimum Gasteiger partial charge on any atom is -0.345 e. The van der Waals surface area contributed by atoms with Gasteiger partial charge in [0.1, 0.15) is 5.82 Å². The number of nitrogens with one attached hydrogen (secondary N) is 1. The van der Waals surface area contributed by atoms with Gasteiger partial charge in [0.05, 0.1) is 11.6 Å². The van der Waals surface area contributed by atoms with Gasteiger partial charge in [-0.2, -0.15) is 0 Å². The van der Waals surface area contributed by atoms with Gasteiger partial charge in [0.2, 0.25) is 0 Å². The second-order valence-electron chi connectivity index (χ2n) is 4.68. The number of halogens is 1. The van der Waals surface area contributed by atoms with E-state index in [9.17, 15) is 9.18 Å². The zero-order valence-corrected chi connectivity index (χ0v) is 12.9. The molecule has 2 nitrogen and oxygen atoms in total. The molecular formula is C17H18FNOS. The minimum atomic E-state index is -0.276. The Balaban J connectivity index is 2.12. The van der Waals surface area contributed by atoms with Gasteiger partial charge in [0.25, 0.3) is 5.91 Å². The summed E-state index contributed by atoms with van der Waals surface area (Å²) in [6, 6.07) is 13.6. The highest BCUT2D eigenvalue weighted by Crippen LogP contribution is 2.23. The van der Waals surface area contributed by atoms with Crippen molar-refractivity contribution in [3.63, 3.8) is 0 Å². The molecule has 0 aromatic heterocycles. The van der Waals surface area contributed by atoms with Gasteiger partial charge in [0, 0.05) is 4.90 Å². The lowest BCUT2D eigenvalue weighted by atomic mass is 10.1. The normalized spacial score (nSPS) is 12.0. The molecule has 4 heteroatoms. The maximum Gasteiger partial charge on any atom is 0.252 e. The van der Waals surface area contributed by atoms with Crippen molar-refractivity contribution in [2.75, 3.05) is 5.75 Å². The summed E-state index contributed by atoms with van der Waals surface area (Å²) in [5.74, 6) is 0.531. The van der Waals surface area contributed by atoms with E-state index in [2.05, 4.69) is 12.2 Å². The summed E-state index contributed by atoms with van der Waals surface area (Å²) >= 11 is 1.64. The Hall–Kier alpha value is -1.81. The quantitative estimate of drug-likeness (QED) is 0.828. The van der Waals surface area contributed by atoms with E-state index < -0.39 is 0 Å². The molecule has 0 spiro atoms. The van der Waals surface area contributed by atoms with E-state index in [1.54, 1.807) is 23.9 Å². The number of thioether (sulfide) groups is 1. The van der Waals surface area contributed by atoms with E-state index in [0.29, 0.717) is 5.56 Å². The maximum absolute atomic E-state index is 12.9. The van der Waals surface area contributed by atoms with Crippen LogP contribution in [0.2, 0.25) is 0 Å². The fraction of sp³-hybridized carbons (Fsp3) is 0.235. The molecule has 0 aliphatic carbocycles. The molecule has 0 fully saturated rings. The third-order valence-electron chi connectivity index (χ3n) is 3.15.